The second-order valence-corrected chi connectivity index (χ2v) is 7.98. The summed E-state index contributed by atoms with van der Waals surface area (Å²) in [7, 11) is -3.32. The molecule has 0 spiro atoms. The Morgan fingerprint density at radius 2 is 2.24 bits per heavy atom. The molecule has 0 amide bonds. The molecule has 0 bridgehead atoms. The quantitative estimate of drug-likeness (QED) is 0.877. The highest BCUT2D eigenvalue weighted by Gasteiger charge is 2.31. The van der Waals surface area contributed by atoms with E-state index in [4.69, 9.17) is 0 Å². The molecule has 1 aliphatic rings. The van der Waals surface area contributed by atoms with Crippen molar-refractivity contribution in [3.63, 3.8) is 0 Å². The van der Waals surface area contributed by atoms with Gasteiger partial charge in [0.05, 0.1) is 16.7 Å². The Morgan fingerprint density at radius 3 is 2.95 bits per heavy atom. The molecule has 0 saturated carbocycles. The van der Waals surface area contributed by atoms with E-state index in [0.717, 1.165) is 11.4 Å². The zero-order valence-electron chi connectivity index (χ0n) is 11.3. The van der Waals surface area contributed by atoms with Gasteiger partial charge in [-0.3, -0.25) is 0 Å². The summed E-state index contributed by atoms with van der Waals surface area (Å²) in [6.45, 7) is 1.99. The lowest BCUT2D eigenvalue weighted by molar-refractivity contribution is 0.570. The Kier molecular flexibility index (Phi) is 3.66. The number of halogens is 1. The molecular weight excluding hydrogens is 313 g/mol. The number of aromatic nitrogens is 2. The van der Waals surface area contributed by atoms with Crippen LogP contribution in [0.5, 0.6) is 0 Å². The van der Waals surface area contributed by atoms with E-state index in [-0.39, 0.29) is 16.7 Å². The molecule has 1 aliphatic heterocycles. The molecule has 1 aromatic heterocycles. The van der Waals surface area contributed by atoms with Gasteiger partial charge in [-0.05, 0) is 36.6 Å². The molecule has 1 aromatic carbocycles. The lowest BCUT2D eigenvalue weighted by Gasteiger charge is -2.25. The van der Waals surface area contributed by atoms with Crippen molar-refractivity contribution >= 4 is 26.3 Å². The Balaban J connectivity index is 1.96. The van der Waals surface area contributed by atoms with Crippen LogP contribution < -0.4 is 5.32 Å². The fourth-order valence-corrected chi connectivity index (χ4v) is 4.70. The Morgan fingerprint density at radius 1 is 1.43 bits per heavy atom. The molecule has 2 aromatic rings. The second kappa shape index (κ2) is 5.34. The fraction of sp³-hybridized carbons (Fsp3) is 0.385. The third-order valence-corrected chi connectivity index (χ3v) is 6.24. The normalized spacial score (nSPS) is 20.0. The van der Waals surface area contributed by atoms with Crippen molar-refractivity contribution in [1.82, 2.24) is 10.2 Å². The number of aryl methyl sites for hydroxylation is 1. The maximum Gasteiger partial charge on any atom is 0.206 e. The second-order valence-electron chi connectivity index (χ2n) is 4.84. The summed E-state index contributed by atoms with van der Waals surface area (Å²) in [6, 6.07) is 3.53. The van der Waals surface area contributed by atoms with E-state index in [0.29, 0.717) is 17.1 Å². The highest BCUT2D eigenvalue weighted by atomic mass is 32.2. The van der Waals surface area contributed by atoms with Gasteiger partial charge in [-0.25, -0.2) is 12.8 Å². The SMILES string of the molecule is CCc1nnc(NC2CCS(=O)(=O)c3ccc(F)cc32)s1. The summed E-state index contributed by atoms with van der Waals surface area (Å²) in [6.07, 6.45) is 1.18. The number of fused-ring (bicyclic) bond motifs is 1. The maximum atomic E-state index is 13.5. The number of anilines is 1. The molecule has 5 nitrogen and oxygen atoms in total. The number of nitrogens with one attached hydrogen (secondary N) is 1. The first kappa shape index (κ1) is 14.4. The first-order chi connectivity index (χ1) is 9.99. The first-order valence-electron chi connectivity index (χ1n) is 6.60. The minimum Gasteiger partial charge on any atom is -0.353 e. The third-order valence-electron chi connectivity index (χ3n) is 3.42. The van der Waals surface area contributed by atoms with Crippen molar-refractivity contribution in [3.05, 3.63) is 34.6 Å². The molecule has 1 unspecified atom stereocenters. The molecular formula is C13H14FN3O2S2. The molecule has 1 atom stereocenters. The lowest BCUT2D eigenvalue weighted by Crippen LogP contribution is -2.24. The minimum absolute atomic E-state index is 0.0444. The van der Waals surface area contributed by atoms with Gasteiger partial charge in [-0.15, -0.1) is 10.2 Å². The van der Waals surface area contributed by atoms with Crippen LogP contribution in [0.1, 0.15) is 30.0 Å². The van der Waals surface area contributed by atoms with E-state index in [9.17, 15) is 12.8 Å². The van der Waals surface area contributed by atoms with Crippen molar-refractivity contribution in [2.75, 3.05) is 11.1 Å². The van der Waals surface area contributed by atoms with Gasteiger partial charge in [-0.2, -0.15) is 0 Å². The standard InChI is InChI=1S/C13H14FN3O2S2/c1-2-12-16-17-13(20-12)15-10-5-6-21(18,19)11-4-3-8(14)7-9(10)11/h3-4,7,10H,2,5-6H2,1H3,(H,15,17). The van der Waals surface area contributed by atoms with Crippen molar-refractivity contribution < 1.29 is 12.8 Å². The van der Waals surface area contributed by atoms with E-state index in [1.54, 1.807) is 0 Å². The average molecular weight is 327 g/mol. The van der Waals surface area contributed by atoms with Crippen molar-refractivity contribution in [2.45, 2.75) is 30.7 Å². The average Bonchev–Trinajstić information content (AvgIpc) is 2.89. The maximum absolute atomic E-state index is 13.5. The molecule has 0 fully saturated rings. The predicted octanol–water partition coefficient (Wildman–Crippen LogP) is 2.57. The van der Waals surface area contributed by atoms with Crippen molar-refractivity contribution in [1.29, 1.82) is 0 Å². The van der Waals surface area contributed by atoms with E-state index in [2.05, 4.69) is 15.5 Å². The number of nitrogens with zero attached hydrogens (tertiary/aromatic N) is 2. The van der Waals surface area contributed by atoms with E-state index < -0.39 is 15.7 Å². The predicted molar refractivity (Wildman–Crippen MR) is 78.7 cm³/mol. The van der Waals surface area contributed by atoms with Gasteiger partial charge < -0.3 is 5.32 Å². The zero-order chi connectivity index (χ0) is 15.0. The van der Waals surface area contributed by atoms with Crippen LogP contribution in [0.15, 0.2) is 23.1 Å². The minimum atomic E-state index is -3.32. The summed E-state index contributed by atoms with van der Waals surface area (Å²) in [5.41, 5.74) is 0.467. The third kappa shape index (κ3) is 2.77. The molecule has 112 valence electrons. The number of hydrogen-bond donors (Lipinski definition) is 1. The summed E-state index contributed by atoms with van der Waals surface area (Å²) < 4.78 is 37.6. The van der Waals surface area contributed by atoms with Crippen LogP contribution in [0, 0.1) is 5.82 Å². The van der Waals surface area contributed by atoms with Gasteiger partial charge >= 0.3 is 0 Å². The van der Waals surface area contributed by atoms with Gasteiger partial charge in [0.1, 0.15) is 10.8 Å². The lowest BCUT2D eigenvalue weighted by atomic mass is 10.0. The van der Waals surface area contributed by atoms with Gasteiger partial charge in [0.15, 0.2) is 9.84 Å². The van der Waals surface area contributed by atoms with Gasteiger partial charge in [0.25, 0.3) is 0 Å². The van der Waals surface area contributed by atoms with Gasteiger partial charge in [-0.1, -0.05) is 18.3 Å². The van der Waals surface area contributed by atoms with Crippen molar-refractivity contribution in [2.24, 2.45) is 0 Å². The van der Waals surface area contributed by atoms with Crippen LogP contribution in [-0.2, 0) is 16.3 Å². The molecule has 21 heavy (non-hydrogen) atoms. The number of hydrogen-bond acceptors (Lipinski definition) is 6. The molecule has 2 heterocycles. The Hall–Kier alpha value is -1.54. The van der Waals surface area contributed by atoms with Crippen LogP contribution in [0.2, 0.25) is 0 Å². The monoisotopic (exact) mass is 327 g/mol. The summed E-state index contributed by atoms with van der Waals surface area (Å²) in [4.78, 5) is 0.202. The number of sulfone groups is 1. The summed E-state index contributed by atoms with van der Waals surface area (Å²) >= 11 is 1.43. The van der Waals surface area contributed by atoms with Crippen LogP contribution in [0.25, 0.3) is 0 Å². The van der Waals surface area contributed by atoms with Crippen LogP contribution in [0.3, 0.4) is 0 Å². The molecule has 8 heteroatoms. The van der Waals surface area contributed by atoms with E-state index in [1.807, 2.05) is 6.92 Å². The molecule has 1 N–H and O–H groups in total. The van der Waals surface area contributed by atoms with Crippen LogP contribution >= 0.6 is 11.3 Å². The Labute approximate surface area is 126 Å². The number of rotatable bonds is 3. The molecule has 3 rings (SSSR count). The summed E-state index contributed by atoms with van der Waals surface area (Å²) in [5, 5.41) is 12.7. The summed E-state index contributed by atoms with van der Waals surface area (Å²) in [5.74, 6) is -0.396. The van der Waals surface area contributed by atoms with E-state index >= 15 is 0 Å². The highest BCUT2D eigenvalue weighted by Crippen LogP contribution is 2.35. The first-order valence-corrected chi connectivity index (χ1v) is 9.07. The molecule has 0 aliphatic carbocycles. The van der Waals surface area contributed by atoms with Gasteiger partial charge in [0.2, 0.25) is 5.13 Å². The van der Waals surface area contributed by atoms with Gasteiger partial charge in [0, 0.05) is 0 Å². The molecule has 0 radical (unpaired) electrons. The molecule has 0 saturated heterocycles. The van der Waals surface area contributed by atoms with E-state index in [1.165, 1.54) is 29.5 Å². The fourth-order valence-electron chi connectivity index (χ4n) is 2.37. The van der Waals surface area contributed by atoms with Crippen LogP contribution in [0.4, 0.5) is 9.52 Å². The topological polar surface area (TPSA) is 72.0 Å². The van der Waals surface area contributed by atoms with Crippen molar-refractivity contribution in [3.8, 4) is 0 Å². The Bertz CT molecular complexity index is 773. The zero-order valence-corrected chi connectivity index (χ0v) is 13.0. The smallest absolute Gasteiger partial charge is 0.206 e. The largest absolute Gasteiger partial charge is 0.353 e. The number of benzene rings is 1. The highest BCUT2D eigenvalue weighted by molar-refractivity contribution is 7.91. The van der Waals surface area contributed by atoms with Crippen LogP contribution in [-0.4, -0.2) is 24.4 Å².